The van der Waals surface area contributed by atoms with Crippen LogP contribution in [0.3, 0.4) is 0 Å². The van der Waals surface area contributed by atoms with Crippen molar-refractivity contribution < 1.29 is 9.47 Å². The summed E-state index contributed by atoms with van der Waals surface area (Å²) in [5.74, 6) is 2.23. The van der Waals surface area contributed by atoms with Crippen molar-refractivity contribution in [3.05, 3.63) is 102 Å². The Morgan fingerprint density at radius 1 is 0.903 bits per heavy atom. The lowest BCUT2D eigenvalue weighted by Gasteiger charge is -2.23. The number of rotatable bonds is 6. The lowest BCUT2D eigenvalue weighted by atomic mass is 10.0. The SMILES string of the molecule is COc1ccc(C2=C[C@H](c3ccc(OCc4ccccc4)cc3)n3nnnc3N2)cc1. The van der Waals surface area contributed by atoms with Crippen LogP contribution in [0.15, 0.2) is 84.9 Å². The van der Waals surface area contributed by atoms with Crippen molar-refractivity contribution >= 4 is 11.6 Å². The zero-order chi connectivity index (χ0) is 21.0. The smallest absolute Gasteiger partial charge is 0.248 e. The van der Waals surface area contributed by atoms with E-state index in [1.165, 1.54) is 0 Å². The third-order valence-electron chi connectivity index (χ3n) is 5.20. The topological polar surface area (TPSA) is 74.1 Å². The highest BCUT2D eigenvalue weighted by Crippen LogP contribution is 2.32. The molecule has 0 spiro atoms. The van der Waals surface area contributed by atoms with Crippen LogP contribution in [0.4, 0.5) is 5.95 Å². The highest BCUT2D eigenvalue weighted by atomic mass is 16.5. The maximum absolute atomic E-state index is 5.91. The van der Waals surface area contributed by atoms with Gasteiger partial charge in [-0.2, -0.15) is 4.68 Å². The molecular weight excluding hydrogens is 390 g/mol. The van der Waals surface area contributed by atoms with Gasteiger partial charge in [-0.1, -0.05) is 47.6 Å². The number of anilines is 1. The Balaban J connectivity index is 1.39. The minimum Gasteiger partial charge on any atom is -0.497 e. The minimum absolute atomic E-state index is 0.133. The molecule has 7 nitrogen and oxygen atoms in total. The van der Waals surface area contributed by atoms with Crippen molar-refractivity contribution in [3.63, 3.8) is 0 Å². The van der Waals surface area contributed by atoms with Gasteiger partial charge in [0.2, 0.25) is 5.95 Å². The van der Waals surface area contributed by atoms with Crippen LogP contribution in [0.1, 0.15) is 22.7 Å². The van der Waals surface area contributed by atoms with Gasteiger partial charge in [-0.3, -0.25) is 0 Å². The number of nitrogens with zero attached hydrogens (tertiary/aromatic N) is 4. The molecule has 1 atom stereocenters. The molecule has 0 saturated heterocycles. The molecule has 1 N–H and O–H groups in total. The van der Waals surface area contributed by atoms with Gasteiger partial charge in [0.1, 0.15) is 24.1 Å². The number of allylic oxidation sites excluding steroid dienone is 1. The van der Waals surface area contributed by atoms with Gasteiger partial charge in [0.15, 0.2) is 0 Å². The number of hydrogen-bond donors (Lipinski definition) is 1. The standard InChI is InChI=1S/C24H21N5O2/c1-30-20-11-7-18(8-12-20)22-15-23(29-24(25-22)26-27-28-29)19-9-13-21(14-10-19)31-16-17-5-3-2-4-6-17/h2-15,23H,16H2,1H3,(H,25,26,28)/t23-/m1/s1. The van der Waals surface area contributed by atoms with E-state index >= 15 is 0 Å². The fourth-order valence-corrected chi connectivity index (χ4v) is 3.53. The Bertz CT molecular complexity index is 1180. The molecule has 3 aromatic carbocycles. The molecule has 0 bridgehead atoms. The molecule has 2 heterocycles. The zero-order valence-electron chi connectivity index (χ0n) is 17.0. The summed E-state index contributed by atoms with van der Waals surface area (Å²) in [4.78, 5) is 0. The van der Waals surface area contributed by atoms with Crippen molar-refractivity contribution in [2.24, 2.45) is 0 Å². The molecule has 4 aromatic rings. The van der Waals surface area contributed by atoms with Crippen LogP contribution < -0.4 is 14.8 Å². The van der Waals surface area contributed by atoms with Crippen LogP contribution in [0, 0.1) is 0 Å². The van der Waals surface area contributed by atoms with Crippen molar-refractivity contribution in [3.8, 4) is 11.5 Å². The molecule has 1 aromatic heterocycles. The van der Waals surface area contributed by atoms with E-state index in [0.717, 1.165) is 33.9 Å². The maximum Gasteiger partial charge on any atom is 0.248 e. The first kappa shape index (κ1) is 18.9. The molecule has 0 aliphatic carbocycles. The normalized spacial score (nSPS) is 14.9. The average Bonchev–Trinajstić information content (AvgIpc) is 3.32. The molecule has 0 fully saturated rings. The first-order valence-electron chi connectivity index (χ1n) is 9.98. The van der Waals surface area contributed by atoms with Crippen molar-refractivity contribution in [1.82, 2.24) is 20.2 Å². The molecule has 154 valence electrons. The highest BCUT2D eigenvalue weighted by Gasteiger charge is 2.24. The van der Waals surface area contributed by atoms with E-state index in [2.05, 4.69) is 26.9 Å². The van der Waals surface area contributed by atoms with E-state index < -0.39 is 0 Å². The number of fused-ring (bicyclic) bond motifs is 1. The Hall–Kier alpha value is -4.13. The van der Waals surface area contributed by atoms with E-state index in [1.54, 1.807) is 11.8 Å². The Kier molecular flexibility index (Phi) is 5.06. The molecule has 7 heteroatoms. The summed E-state index contributed by atoms with van der Waals surface area (Å²) in [5, 5.41) is 15.4. The third kappa shape index (κ3) is 3.98. The Morgan fingerprint density at radius 2 is 1.65 bits per heavy atom. The first-order chi connectivity index (χ1) is 15.3. The number of hydrogen-bond acceptors (Lipinski definition) is 6. The van der Waals surface area contributed by atoms with Gasteiger partial charge in [0.05, 0.1) is 7.11 Å². The van der Waals surface area contributed by atoms with E-state index in [0.29, 0.717) is 12.6 Å². The molecule has 0 radical (unpaired) electrons. The molecule has 0 amide bonds. The fourth-order valence-electron chi connectivity index (χ4n) is 3.53. The van der Waals surface area contributed by atoms with Gasteiger partial charge >= 0.3 is 0 Å². The number of ether oxygens (including phenoxy) is 2. The predicted molar refractivity (Wildman–Crippen MR) is 118 cm³/mol. The van der Waals surface area contributed by atoms with Crippen LogP contribution in [0.5, 0.6) is 11.5 Å². The minimum atomic E-state index is -0.133. The van der Waals surface area contributed by atoms with Gasteiger partial charge in [-0.05, 0) is 69.6 Å². The first-order valence-corrected chi connectivity index (χ1v) is 9.98. The molecule has 1 aliphatic rings. The van der Waals surface area contributed by atoms with Crippen LogP contribution >= 0.6 is 0 Å². The summed E-state index contributed by atoms with van der Waals surface area (Å²) < 4.78 is 12.9. The second kappa shape index (κ2) is 8.31. The summed E-state index contributed by atoms with van der Waals surface area (Å²) >= 11 is 0. The Morgan fingerprint density at radius 3 is 2.39 bits per heavy atom. The van der Waals surface area contributed by atoms with Crippen molar-refractivity contribution in [1.29, 1.82) is 0 Å². The number of benzene rings is 3. The number of tetrazole rings is 1. The van der Waals surface area contributed by atoms with Crippen molar-refractivity contribution in [2.45, 2.75) is 12.6 Å². The van der Waals surface area contributed by atoms with E-state index in [-0.39, 0.29) is 6.04 Å². The molecular formula is C24H21N5O2. The van der Waals surface area contributed by atoms with E-state index in [9.17, 15) is 0 Å². The van der Waals surface area contributed by atoms with E-state index in [1.807, 2.05) is 78.9 Å². The quantitative estimate of drug-likeness (QED) is 0.509. The largest absolute Gasteiger partial charge is 0.497 e. The second-order valence-corrected chi connectivity index (χ2v) is 7.17. The molecule has 5 rings (SSSR count). The van der Waals surface area contributed by atoms with Gasteiger partial charge in [0.25, 0.3) is 0 Å². The number of aromatic nitrogens is 4. The Labute approximate surface area is 179 Å². The predicted octanol–water partition coefficient (Wildman–Crippen LogP) is 4.32. The maximum atomic E-state index is 5.91. The summed E-state index contributed by atoms with van der Waals surface area (Å²) in [5.41, 5.74) is 4.17. The number of methoxy groups -OCH3 is 1. The lowest BCUT2D eigenvalue weighted by Crippen LogP contribution is -2.20. The average molecular weight is 411 g/mol. The second-order valence-electron chi connectivity index (χ2n) is 7.17. The number of nitrogens with one attached hydrogen (secondary N) is 1. The van der Waals surface area contributed by atoms with Gasteiger partial charge in [-0.25, -0.2) is 0 Å². The monoisotopic (exact) mass is 411 g/mol. The van der Waals surface area contributed by atoms with Gasteiger partial charge in [-0.15, -0.1) is 0 Å². The third-order valence-corrected chi connectivity index (χ3v) is 5.20. The van der Waals surface area contributed by atoms with Crippen LogP contribution in [-0.4, -0.2) is 27.3 Å². The van der Waals surface area contributed by atoms with Crippen LogP contribution in [-0.2, 0) is 6.61 Å². The molecule has 0 unspecified atom stereocenters. The fraction of sp³-hybridized carbons (Fsp3) is 0.125. The molecule has 0 saturated carbocycles. The van der Waals surface area contributed by atoms with Gasteiger partial charge in [0, 0.05) is 5.70 Å². The lowest BCUT2D eigenvalue weighted by molar-refractivity contribution is 0.306. The zero-order valence-corrected chi connectivity index (χ0v) is 17.0. The molecule has 1 aliphatic heterocycles. The highest BCUT2D eigenvalue weighted by molar-refractivity contribution is 5.77. The molecule has 31 heavy (non-hydrogen) atoms. The summed E-state index contributed by atoms with van der Waals surface area (Å²) in [6, 6.07) is 25.9. The van der Waals surface area contributed by atoms with Crippen LogP contribution in [0.25, 0.3) is 5.70 Å². The van der Waals surface area contributed by atoms with Crippen LogP contribution in [0.2, 0.25) is 0 Å². The van der Waals surface area contributed by atoms with E-state index in [4.69, 9.17) is 9.47 Å². The van der Waals surface area contributed by atoms with Gasteiger partial charge < -0.3 is 14.8 Å². The van der Waals surface area contributed by atoms with Crippen molar-refractivity contribution in [2.75, 3.05) is 12.4 Å². The summed E-state index contributed by atoms with van der Waals surface area (Å²) in [6.45, 7) is 0.534. The summed E-state index contributed by atoms with van der Waals surface area (Å²) in [7, 11) is 1.66. The summed E-state index contributed by atoms with van der Waals surface area (Å²) in [6.07, 6.45) is 2.12.